The van der Waals surface area contributed by atoms with Gasteiger partial charge in [-0.1, -0.05) is 11.6 Å². The van der Waals surface area contributed by atoms with E-state index in [4.69, 9.17) is 11.6 Å². The van der Waals surface area contributed by atoms with Crippen LogP contribution in [0.15, 0.2) is 18.2 Å². The van der Waals surface area contributed by atoms with Gasteiger partial charge in [0.15, 0.2) is 0 Å². The molecule has 1 N–H and O–H groups in total. The molecule has 0 atom stereocenters. The third kappa shape index (κ3) is 3.51. The fraction of sp³-hybridized carbons (Fsp3) is 0.500. The monoisotopic (exact) mass is 311 g/mol. The highest BCUT2D eigenvalue weighted by molar-refractivity contribution is 6.31. The van der Waals surface area contributed by atoms with E-state index in [2.05, 4.69) is 12.2 Å². The van der Waals surface area contributed by atoms with Crippen molar-refractivity contribution in [3.05, 3.63) is 38.9 Å². The molecule has 1 heterocycles. The Morgan fingerprint density at radius 1 is 1.38 bits per heavy atom. The number of halogens is 1. The Balaban J connectivity index is 2.16. The summed E-state index contributed by atoms with van der Waals surface area (Å²) in [5.74, 6) is -0.209. The molecule has 0 aliphatic carbocycles. The maximum atomic E-state index is 12.5. The number of rotatable bonds is 3. The van der Waals surface area contributed by atoms with Crippen LogP contribution in [0.1, 0.15) is 30.1 Å². The summed E-state index contributed by atoms with van der Waals surface area (Å²) >= 11 is 5.86. The summed E-state index contributed by atoms with van der Waals surface area (Å²) in [6.45, 7) is 3.37. The molecule has 0 bridgehead atoms. The fourth-order valence-corrected chi connectivity index (χ4v) is 2.67. The van der Waals surface area contributed by atoms with Gasteiger partial charge in [-0.3, -0.25) is 14.9 Å². The molecule has 1 aliphatic rings. The number of piperidine rings is 1. The van der Waals surface area contributed by atoms with Crippen molar-refractivity contribution in [2.45, 2.75) is 25.3 Å². The molecule has 0 radical (unpaired) electrons. The van der Waals surface area contributed by atoms with E-state index in [0.717, 1.165) is 12.8 Å². The molecule has 0 unspecified atom stereocenters. The van der Waals surface area contributed by atoms with Gasteiger partial charge in [-0.05, 0) is 32.9 Å². The number of carbonyl (C=O) groups excluding carboxylic acids is 1. The van der Waals surface area contributed by atoms with Gasteiger partial charge in [-0.2, -0.15) is 0 Å². The van der Waals surface area contributed by atoms with Gasteiger partial charge in [-0.25, -0.2) is 0 Å². The molecule has 0 saturated carbocycles. The molecule has 1 aromatic rings. The Kier molecular flexibility index (Phi) is 4.49. The van der Waals surface area contributed by atoms with Crippen molar-refractivity contribution >= 4 is 23.2 Å². The molecule has 0 aromatic heterocycles. The van der Waals surface area contributed by atoms with Gasteiger partial charge < -0.3 is 10.2 Å². The predicted molar refractivity (Wildman–Crippen MR) is 80.7 cm³/mol. The largest absolute Gasteiger partial charge is 0.339 e. The van der Waals surface area contributed by atoms with Crippen molar-refractivity contribution in [3.63, 3.8) is 0 Å². The highest BCUT2D eigenvalue weighted by Gasteiger charge is 2.31. The summed E-state index contributed by atoms with van der Waals surface area (Å²) < 4.78 is 0. The van der Waals surface area contributed by atoms with Crippen molar-refractivity contribution in [3.8, 4) is 0 Å². The summed E-state index contributed by atoms with van der Waals surface area (Å²) in [4.78, 5) is 24.5. The highest BCUT2D eigenvalue weighted by Crippen LogP contribution is 2.25. The molecule has 1 aromatic carbocycles. The lowest BCUT2D eigenvalue weighted by Gasteiger charge is -2.39. The van der Waals surface area contributed by atoms with Gasteiger partial charge in [0.05, 0.1) is 4.92 Å². The van der Waals surface area contributed by atoms with Crippen molar-refractivity contribution in [2.24, 2.45) is 0 Å². The summed E-state index contributed by atoms with van der Waals surface area (Å²) in [6.07, 6.45) is 1.69. The normalized spacial score (nSPS) is 17.6. The van der Waals surface area contributed by atoms with E-state index >= 15 is 0 Å². The zero-order valence-electron chi connectivity index (χ0n) is 12.1. The van der Waals surface area contributed by atoms with Crippen LogP contribution in [-0.4, -0.2) is 41.4 Å². The van der Waals surface area contributed by atoms with Crippen LogP contribution in [0, 0.1) is 10.1 Å². The fourth-order valence-electron chi connectivity index (χ4n) is 2.44. The van der Waals surface area contributed by atoms with Crippen LogP contribution in [0.25, 0.3) is 0 Å². The smallest absolute Gasteiger partial charge is 0.271 e. The number of non-ortho nitro benzene ring substituents is 1. The molecule has 1 aliphatic heterocycles. The molecule has 1 fully saturated rings. The third-order valence-electron chi connectivity index (χ3n) is 4.10. The Bertz CT molecular complexity index is 569. The van der Waals surface area contributed by atoms with Crippen LogP contribution < -0.4 is 5.32 Å². The number of nitrogens with zero attached hydrogens (tertiary/aromatic N) is 2. The zero-order valence-corrected chi connectivity index (χ0v) is 12.8. The minimum Gasteiger partial charge on any atom is -0.339 e. The molecule has 1 amide bonds. The van der Waals surface area contributed by atoms with Gasteiger partial charge in [0.25, 0.3) is 11.6 Å². The van der Waals surface area contributed by atoms with E-state index in [1.807, 2.05) is 7.05 Å². The van der Waals surface area contributed by atoms with E-state index in [0.29, 0.717) is 13.1 Å². The summed E-state index contributed by atoms with van der Waals surface area (Å²) in [5, 5.41) is 14.3. The molecule has 7 heteroatoms. The predicted octanol–water partition coefficient (Wildman–Crippen LogP) is 2.46. The van der Waals surface area contributed by atoms with Crippen LogP contribution in [0.4, 0.5) is 5.69 Å². The second-order valence-corrected chi connectivity index (χ2v) is 5.99. The molecule has 21 heavy (non-hydrogen) atoms. The average molecular weight is 312 g/mol. The number of amides is 1. The molecule has 114 valence electrons. The third-order valence-corrected chi connectivity index (χ3v) is 4.32. The lowest BCUT2D eigenvalue weighted by molar-refractivity contribution is -0.384. The van der Waals surface area contributed by atoms with Crippen LogP contribution in [0.2, 0.25) is 5.02 Å². The number of benzene rings is 1. The SMILES string of the molecule is CNC1(C)CCN(C(=O)c2cc(Cl)cc([N+](=O)[O-])c2)CC1. The standard InChI is InChI=1S/C14H18ClN3O3/c1-14(16-2)3-5-17(6-4-14)13(19)10-7-11(15)9-12(8-10)18(20)21/h7-9,16H,3-6H2,1-2H3. The van der Waals surface area contributed by atoms with Crippen molar-refractivity contribution < 1.29 is 9.72 Å². The zero-order chi connectivity index (χ0) is 15.6. The van der Waals surface area contributed by atoms with E-state index < -0.39 is 4.92 Å². The molecule has 0 spiro atoms. The van der Waals surface area contributed by atoms with Crippen molar-refractivity contribution in [1.82, 2.24) is 10.2 Å². The Labute approximate surface area is 128 Å². The molecular formula is C14H18ClN3O3. The minimum absolute atomic E-state index is 0.0388. The summed E-state index contributed by atoms with van der Waals surface area (Å²) in [5.41, 5.74) is 0.141. The number of nitro groups is 1. The quantitative estimate of drug-likeness (QED) is 0.687. The first kappa shape index (κ1) is 15.7. The van der Waals surface area contributed by atoms with Gasteiger partial charge in [-0.15, -0.1) is 0 Å². The lowest BCUT2D eigenvalue weighted by atomic mass is 9.89. The first-order valence-corrected chi connectivity index (χ1v) is 7.16. The second kappa shape index (κ2) is 5.99. The topological polar surface area (TPSA) is 75.5 Å². The van der Waals surface area contributed by atoms with Gasteiger partial charge in [0, 0.05) is 41.3 Å². The Morgan fingerprint density at radius 3 is 2.52 bits per heavy atom. The Morgan fingerprint density at radius 2 is 2.00 bits per heavy atom. The minimum atomic E-state index is -0.545. The van der Waals surface area contributed by atoms with Crippen LogP contribution in [0.3, 0.4) is 0 Å². The van der Waals surface area contributed by atoms with Crippen molar-refractivity contribution in [1.29, 1.82) is 0 Å². The highest BCUT2D eigenvalue weighted by atomic mass is 35.5. The second-order valence-electron chi connectivity index (χ2n) is 5.56. The maximum absolute atomic E-state index is 12.5. The number of likely N-dealkylation sites (tertiary alicyclic amines) is 1. The molecule has 6 nitrogen and oxygen atoms in total. The average Bonchev–Trinajstić information content (AvgIpc) is 2.46. The Hall–Kier alpha value is -1.66. The van der Waals surface area contributed by atoms with E-state index in [1.165, 1.54) is 18.2 Å². The first-order chi connectivity index (χ1) is 9.84. The van der Waals surface area contributed by atoms with E-state index in [9.17, 15) is 14.9 Å². The van der Waals surface area contributed by atoms with Gasteiger partial charge >= 0.3 is 0 Å². The number of carbonyl (C=O) groups is 1. The van der Waals surface area contributed by atoms with E-state index in [1.54, 1.807) is 4.90 Å². The first-order valence-electron chi connectivity index (χ1n) is 6.78. The van der Waals surface area contributed by atoms with Crippen LogP contribution in [-0.2, 0) is 0 Å². The number of hydrogen-bond donors (Lipinski definition) is 1. The van der Waals surface area contributed by atoms with Crippen molar-refractivity contribution in [2.75, 3.05) is 20.1 Å². The maximum Gasteiger partial charge on any atom is 0.271 e. The number of nitro benzene ring substituents is 1. The number of nitrogens with one attached hydrogen (secondary N) is 1. The molecule has 1 saturated heterocycles. The lowest BCUT2D eigenvalue weighted by Crippen LogP contribution is -2.51. The number of hydrogen-bond acceptors (Lipinski definition) is 4. The summed E-state index contributed by atoms with van der Waals surface area (Å²) in [6, 6.07) is 4.00. The summed E-state index contributed by atoms with van der Waals surface area (Å²) in [7, 11) is 1.91. The molecule has 2 rings (SSSR count). The van der Waals surface area contributed by atoms with Gasteiger partial charge in [0.2, 0.25) is 0 Å². The van der Waals surface area contributed by atoms with Gasteiger partial charge in [0.1, 0.15) is 0 Å². The van der Waals surface area contributed by atoms with Crippen LogP contribution in [0.5, 0.6) is 0 Å². The van der Waals surface area contributed by atoms with Crippen LogP contribution >= 0.6 is 11.6 Å². The van der Waals surface area contributed by atoms with E-state index in [-0.39, 0.29) is 27.7 Å². The molecular weight excluding hydrogens is 294 g/mol.